The molecule has 0 atom stereocenters. The lowest BCUT2D eigenvalue weighted by Gasteiger charge is -2.21. The van der Waals surface area contributed by atoms with Gasteiger partial charge in [-0.3, -0.25) is 4.72 Å². The van der Waals surface area contributed by atoms with Crippen LogP contribution in [0, 0.1) is 3.57 Å². The zero-order valence-electron chi connectivity index (χ0n) is 9.71. The van der Waals surface area contributed by atoms with Crippen LogP contribution in [0.2, 0.25) is 5.02 Å². The molecule has 4 nitrogen and oxygen atoms in total. The maximum absolute atomic E-state index is 11.8. The minimum absolute atomic E-state index is 0.365. The monoisotopic (exact) mass is 388 g/mol. The summed E-state index contributed by atoms with van der Waals surface area (Å²) in [4.78, 5) is 0. The van der Waals surface area contributed by atoms with Crippen molar-refractivity contribution in [1.29, 1.82) is 0 Å². The van der Waals surface area contributed by atoms with E-state index in [9.17, 15) is 8.42 Å². The summed E-state index contributed by atoms with van der Waals surface area (Å²) >= 11 is 8.05. The van der Waals surface area contributed by atoms with Crippen molar-refractivity contribution >= 4 is 50.1 Å². The van der Waals surface area contributed by atoms with Gasteiger partial charge in [-0.2, -0.15) is 13.1 Å². The average molecular weight is 389 g/mol. The highest BCUT2D eigenvalue weighted by atomic mass is 127. The third-order valence-electron chi connectivity index (χ3n) is 1.62. The number of hydrogen-bond donors (Lipinski definition) is 2. The predicted molar refractivity (Wildman–Crippen MR) is 79.6 cm³/mol. The van der Waals surface area contributed by atoms with Gasteiger partial charge in [0.25, 0.3) is 10.2 Å². The number of benzene rings is 1. The molecular formula is C10H14ClIN2O2S. The van der Waals surface area contributed by atoms with Crippen molar-refractivity contribution in [2.24, 2.45) is 0 Å². The largest absolute Gasteiger partial charge is 0.299 e. The number of halogens is 2. The van der Waals surface area contributed by atoms with Gasteiger partial charge in [0.1, 0.15) is 0 Å². The fourth-order valence-electron chi connectivity index (χ4n) is 1.15. The maximum atomic E-state index is 11.8. The van der Waals surface area contributed by atoms with Crippen LogP contribution in [-0.4, -0.2) is 14.0 Å². The summed E-state index contributed by atoms with van der Waals surface area (Å²) < 4.78 is 29.4. The second-order valence-corrected chi connectivity index (χ2v) is 7.65. The molecule has 1 rings (SSSR count). The van der Waals surface area contributed by atoms with Crippen LogP contribution in [0.3, 0.4) is 0 Å². The van der Waals surface area contributed by atoms with Crippen molar-refractivity contribution in [3.05, 3.63) is 26.8 Å². The third kappa shape index (κ3) is 5.41. The fraction of sp³-hybridized carbons (Fsp3) is 0.400. The Balaban J connectivity index is 2.91. The quantitative estimate of drug-likeness (QED) is 0.782. The molecule has 0 aliphatic rings. The lowest BCUT2D eigenvalue weighted by atomic mass is 10.1. The van der Waals surface area contributed by atoms with Crippen LogP contribution in [0.15, 0.2) is 18.2 Å². The Morgan fingerprint density at radius 2 is 1.88 bits per heavy atom. The van der Waals surface area contributed by atoms with Crippen molar-refractivity contribution in [2.75, 3.05) is 4.72 Å². The summed E-state index contributed by atoms with van der Waals surface area (Å²) in [5.41, 5.74) is -0.176. The minimum Gasteiger partial charge on any atom is -0.270 e. The molecule has 0 fully saturated rings. The van der Waals surface area contributed by atoms with Crippen LogP contribution in [-0.2, 0) is 10.2 Å². The van der Waals surface area contributed by atoms with Crippen LogP contribution < -0.4 is 9.44 Å². The number of nitrogens with one attached hydrogen (secondary N) is 2. The first-order valence-electron chi connectivity index (χ1n) is 4.86. The molecule has 0 aliphatic carbocycles. The van der Waals surface area contributed by atoms with Gasteiger partial charge in [-0.1, -0.05) is 11.6 Å². The van der Waals surface area contributed by atoms with Gasteiger partial charge in [0.05, 0.1) is 10.7 Å². The topological polar surface area (TPSA) is 58.2 Å². The zero-order valence-corrected chi connectivity index (χ0v) is 13.4. The van der Waals surface area contributed by atoms with E-state index in [1.807, 2.05) is 0 Å². The van der Waals surface area contributed by atoms with Gasteiger partial charge in [-0.05, 0) is 61.6 Å². The second-order valence-electron chi connectivity index (χ2n) is 4.58. The van der Waals surface area contributed by atoms with E-state index in [-0.39, 0.29) is 0 Å². The number of rotatable bonds is 3. The molecule has 2 N–H and O–H groups in total. The Morgan fingerprint density at radius 3 is 2.35 bits per heavy atom. The predicted octanol–water partition coefficient (Wildman–Crippen LogP) is 2.99. The van der Waals surface area contributed by atoms with Crippen molar-refractivity contribution in [1.82, 2.24) is 4.72 Å². The summed E-state index contributed by atoms with van der Waals surface area (Å²) in [5.74, 6) is 0. The molecule has 0 radical (unpaired) electrons. The van der Waals surface area contributed by atoms with Crippen molar-refractivity contribution in [2.45, 2.75) is 26.3 Å². The standard InChI is InChI=1S/C10H14ClIN2O2S/c1-10(2,3)14-17(15,16)13-9-5-4-7(12)6-8(9)11/h4-6,13-14H,1-3H3. The zero-order chi connectivity index (χ0) is 13.3. The summed E-state index contributed by atoms with van der Waals surface area (Å²) in [6.07, 6.45) is 0. The molecule has 7 heteroatoms. The highest BCUT2D eigenvalue weighted by Crippen LogP contribution is 2.24. The smallest absolute Gasteiger partial charge is 0.270 e. The molecule has 96 valence electrons. The molecule has 0 bridgehead atoms. The van der Waals surface area contributed by atoms with Crippen LogP contribution in [0.25, 0.3) is 0 Å². The summed E-state index contributed by atoms with van der Waals surface area (Å²) in [6.45, 7) is 5.30. The Labute approximate surface area is 120 Å². The van der Waals surface area contributed by atoms with Gasteiger partial charge in [-0.15, -0.1) is 0 Å². The number of anilines is 1. The second kappa shape index (κ2) is 5.29. The van der Waals surface area contributed by atoms with Crippen molar-refractivity contribution in [3.8, 4) is 0 Å². The van der Waals surface area contributed by atoms with Crippen LogP contribution in [0.1, 0.15) is 20.8 Å². The van der Waals surface area contributed by atoms with Gasteiger partial charge in [-0.25, -0.2) is 0 Å². The molecule has 1 aromatic rings. The summed E-state index contributed by atoms with van der Waals surface area (Å²) in [5, 5.41) is 0.371. The van der Waals surface area contributed by atoms with E-state index in [0.717, 1.165) is 3.57 Å². The van der Waals surface area contributed by atoms with Crippen molar-refractivity contribution in [3.63, 3.8) is 0 Å². The van der Waals surface area contributed by atoms with Crippen molar-refractivity contribution < 1.29 is 8.42 Å². The molecule has 0 heterocycles. The van der Waals surface area contributed by atoms with E-state index >= 15 is 0 Å². The lowest BCUT2D eigenvalue weighted by molar-refractivity contribution is 0.494. The highest BCUT2D eigenvalue weighted by molar-refractivity contribution is 14.1. The van der Waals surface area contributed by atoms with E-state index in [0.29, 0.717) is 10.7 Å². The molecule has 0 saturated carbocycles. The molecule has 0 aliphatic heterocycles. The first-order chi connectivity index (χ1) is 7.59. The summed E-state index contributed by atoms with van der Waals surface area (Å²) in [6, 6.07) is 5.10. The van der Waals surface area contributed by atoms with E-state index < -0.39 is 15.7 Å². The van der Waals surface area contributed by atoms with E-state index in [2.05, 4.69) is 32.0 Å². The Morgan fingerprint density at radius 1 is 1.29 bits per heavy atom. The summed E-state index contributed by atoms with van der Waals surface area (Å²) in [7, 11) is -3.61. The molecule has 0 unspecified atom stereocenters. The Kier molecular flexibility index (Phi) is 4.67. The highest BCUT2D eigenvalue weighted by Gasteiger charge is 2.20. The van der Waals surface area contributed by atoms with Gasteiger partial charge < -0.3 is 0 Å². The maximum Gasteiger partial charge on any atom is 0.299 e. The average Bonchev–Trinajstić information content (AvgIpc) is 2.05. The Hall–Kier alpha value is -0.0500. The fourth-order valence-corrected chi connectivity index (χ4v) is 3.43. The molecule has 0 amide bonds. The molecule has 17 heavy (non-hydrogen) atoms. The first kappa shape index (κ1) is 15.0. The van der Waals surface area contributed by atoms with E-state index in [1.54, 1.807) is 39.0 Å². The molecule has 1 aromatic carbocycles. The van der Waals surface area contributed by atoms with Gasteiger partial charge in [0.15, 0.2) is 0 Å². The van der Waals surface area contributed by atoms with Crippen LogP contribution in [0.5, 0.6) is 0 Å². The first-order valence-corrected chi connectivity index (χ1v) is 7.80. The number of hydrogen-bond acceptors (Lipinski definition) is 2. The molecule has 0 spiro atoms. The van der Waals surface area contributed by atoms with E-state index in [1.165, 1.54) is 0 Å². The Bertz CT molecular complexity index is 512. The molecule has 0 saturated heterocycles. The van der Waals surface area contributed by atoms with Crippen LogP contribution >= 0.6 is 34.2 Å². The van der Waals surface area contributed by atoms with Crippen LogP contribution in [0.4, 0.5) is 5.69 Å². The van der Waals surface area contributed by atoms with Gasteiger partial charge >= 0.3 is 0 Å². The van der Waals surface area contributed by atoms with E-state index in [4.69, 9.17) is 11.6 Å². The normalized spacial score (nSPS) is 12.5. The van der Waals surface area contributed by atoms with Gasteiger partial charge in [0.2, 0.25) is 0 Å². The SMILES string of the molecule is CC(C)(C)NS(=O)(=O)Nc1ccc(I)cc1Cl. The lowest BCUT2D eigenvalue weighted by Crippen LogP contribution is -2.43. The third-order valence-corrected chi connectivity index (χ3v) is 3.97. The molecule has 0 aromatic heterocycles. The van der Waals surface area contributed by atoms with Gasteiger partial charge in [0, 0.05) is 9.11 Å². The molecular weight excluding hydrogens is 375 g/mol. The minimum atomic E-state index is -3.61.